The Morgan fingerprint density at radius 3 is 2.54 bits per heavy atom. The van der Waals surface area contributed by atoms with E-state index in [2.05, 4.69) is 0 Å². The van der Waals surface area contributed by atoms with Gasteiger partial charge in [0.1, 0.15) is 0 Å². The second-order valence-electron chi connectivity index (χ2n) is 4.24. The van der Waals surface area contributed by atoms with Gasteiger partial charge in [-0.1, -0.05) is 0 Å². The van der Waals surface area contributed by atoms with E-state index >= 15 is 0 Å². The normalized spacial score (nSPS) is 34.2. The number of ether oxygens (including phenoxy) is 1. The average Bonchev–Trinajstić information content (AvgIpc) is 2.02. The molecular formula is C10H18O3. The summed E-state index contributed by atoms with van der Waals surface area (Å²) in [7, 11) is 0. The molecule has 76 valence electrons. The lowest BCUT2D eigenvalue weighted by molar-refractivity contribution is -0.143. The van der Waals surface area contributed by atoms with E-state index in [4.69, 9.17) is 4.74 Å². The molecule has 0 aromatic carbocycles. The summed E-state index contributed by atoms with van der Waals surface area (Å²) in [5.74, 6) is 0.237. The molecule has 1 fully saturated rings. The van der Waals surface area contributed by atoms with E-state index in [0.717, 1.165) is 25.7 Å². The molecule has 1 rings (SSSR count). The lowest BCUT2D eigenvalue weighted by atomic mass is 9.80. The summed E-state index contributed by atoms with van der Waals surface area (Å²) in [5.41, 5.74) is -0.493. The fourth-order valence-corrected chi connectivity index (χ4v) is 1.70. The van der Waals surface area contributed by atoms with Crippen LogP contribution >= 0.6 is 0 Å². The topological polar surface area (TPSA) is 46.5 Å². The van der Waals surface area contributed by atoms with E-state index in [9.17, 15) is 9.90 Å². The first-order valence-electron chi connectivity index (χ1n) is 4.85. The third-order valence-electron chi connectivity index (χ3n) is 2.70. The SMILES string of the molecule is CC(=O)OCC1CCC(C)(O)CC1. The van der Waals surface area contributed by atoms with Gasteiger partial charge in [-0.25, -0.2) is 0 Å². The predicted octanol–water partition coefficient (Wildman–Crippen LogP) is 1.49. The Hall–Kier alpha value is -0.570. The molecule has 0 spiro atoms. The third kappa shape index (κ3) is 3.77. The molecule has 0 atom stereocenters. The number of carbonyl (C=O) groups is 1. The van der Waals surface area contributed by atoms with Crippen molar-refractivity contribution in [1.82, 2.24) is 0 Å². The van der Waals surface area contributed by atoms with Gasteiger partial charge in [0.2, 0.25) is 0 Å². The van der Waals surface area contributed by atoms with Crippen molar-refractivity contribution in [3.63, 3.8) is 0 Å². The molecule has 0 aromatic heterocycles. The minimum atomic E-state index is -0.493. The molecule has 0 aliphatic heterocycles. The Morgan fingerprint density at radius 2 is 2.08 bits per heavy atom. The minimum absolute atomic E-state index is 0.211. The van der Waals surface area contributed by atoms with Crippen molar-refractivity contribution in [3.05, 3.63) is 0 Å². The molecule has 0 aromatic rings. The first-order valence-corrected chi connectivity index (χ1v) is 4.85. The highest BCUT2D eigenvalue weighted by molar-refractivity contribution is 5.65. The summed E-state index contributed by atoms with van der Waals surface area (Å²) in [6, 6.07) is 0. The number of esters is 1. The average molecular weight is 186 g/mol. The van der Waals surface area contributed by atoms with E-state index < -0.39 is 5.60 Å². The van der Waals surface area contributed by atoms with Gasteiger partial charge in [-0.3, -0.25) is 4.79 Å². The molecule has 1 aliphatic rings. The van der Waals surface area contributed by atoms with Crippen LogP contribution in [0.3, 0.4) is 0 Å². The summed E-state index contributed by atoms with van der Waals surface area (Å²) >= 11 is 0. The van der Waals surface area contributed by atoms with Crippen LogP contribution in [0.1, 0.15) is 39.5 Å². The molecule has 0 unspecified atom stereocenters. The number of carbonyl (C=O) groups excluding carboxylic acids is 1. The molecule has 0 bridgehead atoms. The second kappa shape index (κ2) is 4.09. The van der Waals surface area contributed by atoms with E-state index in [0.29, 0.717) is 12.5 Å². The Balaban J connectivity index is 2.21. The van der Waals surface area contributed by atoms with Crippen molar-refractivity contribution in [1.29, 1.82) is 0 Å². The van der Waals surface area contributed by atoms with Gasteiger partial charge in [-0.05, 0) is 38.5 Å². The molecule has 1 saturated carbocycles. The van der Waals surface area contributed by atoms with Crippen molar-refractivity contribution in [3.8, 4) is 0 Å². The highest BCUT2D eigenvalue weighted by atomic mass is 16.5. The van der Waals surface area contributed by atoms with Gasteiger partial charge in [0.25, 0.3) is 0 Å². The zero-order chi connectivity index (χ0) is 9.90. The standard InChI is InChI=1S/C10H18O3/c1-8(11)13-7-9-3-5-10(2,12)6-4-9/h9,12H,3-7H2,1-2H3. The van der Waals surface area contributed by atoms with Crippen LogP contribution in [-0.4, -0.2) is 23.3 Å². The van der Waals surface area contributed by atoms with Crippen molar-refractivity contribution in [2.45, 2.75) is 45.1 Å². The van der Waals surface area contributed by atoms with Gasteiger partial charge in [0, 0.05) is 6.92 Å². The van der Waals surface area contributed by atoms with Crippen LogP contribution in [0, 0.1) is 5.92 Å². The third-order valence-corrected chi connectivity index (χ3v) is 2.70. The van der Waals surface area contributed by atoms with Gasteiger partial charge in [0.05, 0.1) is 12.2 Å². The zero-order valence-corrected chi connectivity index (χ0v) is 8.38. The van der Waals surface area contributed by atoms with Gasteiger partial charge >= 0.3 is 5.97 Å². The zero-order valence-electron chi connectivity index (χ0n) is 8.38. The minimum Gasteiger partial charge on any atom is -0.466 e. The Bertz CT molecular complexity index is 177. The number of aliphatic hydroxyl groups is 1. The molecule has 0 saturated heterocycles. The lowest BCUT2D eigenvalue weighted by Crippen LogP contribution is -2.32. The molecule has 0 heterocycles. The predicted molar refractivity (Wildman–Crippen MR) is 49.2 cm³/mol. The van der Waals surface area contributed by atoms with Gasteiger partial charge in [-0.2, -0.15) is 0 Å². The van der Waals surface area contributed by atoms with Crippen molar-refractivity contribution in [2.24, 2.45) is 5.92 Å². The number of hydrogen-bond donors (Lipinski definition) is 1. The van der Waals surface area contributed by atoms with Crippen LogP contribution in [0.4, 0.5) is 0 Å². The fraction of sp³-hybridized carbons (Fsp3) is 0.900. The van der Waals surface area contributed by atoms with Gasteiger partial charge in [-0.15, -0.1) is 0 Å². The van der Waals surface area contributed by atoms with Crippen LogP contribution in [0.2, 0.25) is 0 Å². The fourth-order valence-electron chi connectivity index (χ4n) is 1.70. The lowest BCUT2D eigenvalue weighted by Gasteiger charge is -2.32. The molecular weight excluding hydrogens is 168 g/mol. The summed E-state index contributed by atoms with van der Waals surface area (Å²) in [4.78, 5) is 10.5. The van der Waals surface area contributed by atoms with Crippen LogP contribution < -0.4 is 0 Å². The first-order chi connectivity index (χ1) is 5.99. The Morgan fingerprint density at radius 1 is 1.54 bits per heavy atom. The van der Waals surface area contributed by atoms with E-state index in [1.807, 2.05) is 6.92 Å². The van der Waals surface area contributed by atoms with E-state index in [-0.39, 0.29) is 5.97 Å². The van der Waals surface area contributed by atoms with E-state index in [1.165, 1.54) is 6.92 Å². The summed E-state index contributed by atoms with van der Waals surface area (Å²) in [6.07, 6.45) is 3.55. The summed E-state index contributed by atoms with van der Waals surface area (Å²) < 4.78 is 4.93. The second-order valence-corrected chi connectivity index (χ2v) is 4.24. The van der Waals surface area contributed by atoms with Crippen LogP contribution in [-0.2, 0) is 9.53 Å². The van der Waals surface area contributed by atoms with Crippen molar-refractivity contribution in [2.75, 3.05) is 6.61 Å². The van der Waals surface area contributed by atoms with E-state index in [1.54, 1.807) is 0 Å². The molecule has 1 N–H and O–H groups in total. The largest absolute Gasteiger partial charge is 0.466 e. The smallest absolute Gasteiger partial charge is 0.302 e. The van der Waals surface area contributed by atoms with Gasteiger partial charge < -0.3 is 9.84 Å². The highest BCUT2D eigenvalue weighted by Gasteiger charge is 2.28. The van der Waals surface area contributed by atoms with Crippen LogP contribution in [0.25, 0.3) is 0 Å². The van der Waals surface area contributed by atoms with Crippen LogP contribution in [0.15, 0.2) is 0 Å². The quantitative estimate of drug-likeness (QED) is 0.665. The number of rotatable bonds is 2. The highest BCUT2D eigenvalue weighted by Crippen LogP contribution is 2.31. The monoisotopic (exact) mass is 186 g/mol. The summed E-state index contributed by atoms with van der Waals surface area (Å²) in [6.45, 7) is 3.82. The molecule has 0 amide bonds. The molecule has 3 nitrogen and oxygen atoms in total. The summed E-state index contributed by atoms with van der Waals surface area (Å²) in [5, 5.41) is 9.66. The molecule has 1 aliphatic carbocycles. The van der Waals surface area contributed by atoms with Gasteiger partial charge in [0.15, 0.2) is 0 Å². The van der Waals surface area contributed by atoms with Crippen molar-refractivity contribution < 1.29 is 14.6 Å². The Kier molecular flexibility index (Phi) is 3.31. The Labute approximate surface area is 79.1 Å². The molecule has 3 heteroatoms. The maximum atomic E-state index is 10.5. The molecule has 13 heavy (non-hydrogen) atoms. The first kappa shape index (κ1) is 10.5. The maximum absolute atomic E-state index is 10.5. The maximum Gasteiger partial charge on any atom is 0.302 e. The number of hydrogen-bond acceptors (Lipinski definition) is 3. The van der Waals surface area contributed by atoms with Crippen molar-refractivity contribution >= 4 is 5.97 Å². The van der Waals surface area contributed by atoms with Crippen LogP contribution in [0.5, 0.6) is 0 Å². The molecule has 0 radical (unpaired) electrons.